The van der Waals surface area contributed by atoms with E-state index in [0.717, 1.165) is 22.2 Å². The average Bonchev–Trinajstić information content (AvgIpc) is 3.49. The molecule has 0 radical (unpaired) electrons. The van der Waals surface area contributed by atoms with Gasteiger partial charge in [-0.25, -0.2) is 19.1 Å². The number of nitrogens with one attached hydrogen (secondary N) is 1. The molecule has 220 valence electrons. The topological polar surface area (TPSA) is 181 Å². The molecule has 1 fully saturated rings. The number of β-lactam (4-membered cyclic amide) rings is 1. The number of amides is 2. The molecule has 0 saturated carbocycles. The van der Waals surface area contributed by atoms with E-state index in [9.17, 15) is 24.3 Å². The lowest BCUT2D eigenvalue weighted by Crippen LogP contribution is -2.71. The largest absolute Gasteiger partial charge is 0.477 e. The van der Waals surface area contributed by atoms with Crippen LogP contribution in [0.5, 0.6) is 0 Å². The highest BCUT2D eigenvalue weighted by molar-refractivity contribution is 8.00. The van der Waals surface area contributed by atoms with Crippen LogP contribution in [0.2, 0.25) is 0 Å². The highest BCUT2D eigenvalue weighted by Gasteiger charge is 2.54. The van der Waals surface area contributed by atoms with Crippen LogP contribution in [0.4, 0.5) is 10.3 Å². The SMILES string of the molecule is CCO/N=C(/C(=O)NC1C(=O)N2C(C(=O)O)=C(CN(C)c3sc(C(=O)OCC)c(C)[n+]3C)CS[C@H]12)c1csc(N)n1. The number of thiazole rings is 2. The summed E-state index contributed by atoms with van der Waals surface area (Å²) in [6, 6.07) is -0.964. The number of carboxylic acid groups (broad SMARTS) is 1. The highest BCUT2D eigenvalue weighted by atomic mass is 32.2. The van der Waals surface area contributed by atoms with Crippen molar-refractivity contribution in [3.63, 3.8) is 0 Å². The number of hydrogen-bond acceptors (Lipinski definition) is 13. The molecule has 2 aliphatic heterocycles. The highest BCUT2D eigenvalue weighted by Crippen LogP contribution is 2.41. The second-order valence-corrected chi connectivity index (χ2v) is 12.0. The van der Waals surface area contributed by atoms with Crippen molar-refractivity contribution in [2.45, 2.75) is 32.2 Å². The van der Waals surface area contributed by atoms with Crippen LogP contribution in [0.3, 0.4) is 0 Å². The number of carbonyl (C=O) groups excluding carboxylic acids is 3. The van der Waals surface area contributed by atoms with Crippen molar-refractivity contribution in [2.75, 3.05) is 43.2 Å². The van der Waals surface area contributed by atoms with E-state index in [4.69, 9.17) is 15.3 Å². The number of thioether (sulfide) groups is 1. The Morgan fingerprint density at radius 2 is 2.07 bits per heavy atom. The first-order chi connectivity index (χ1) is 19.5. The van der Waals surface area contributed by atoms with E-state index in [-0.39, 0.29) is 42.0 Å². The number of ether oxygens (including phenoxy) is 1. The number of esters is 1. The molecule has 1 unspecified atom stereocenters. The van der Waals surface area contributed by atoms with Gasteiger partial charge in [-0.15, -0.1) is 23.1 Å². The number of carbonyl (C=O) groups is 4. The van der Waals surface area contributed by atoms with Crippen molar-refractivity contribution >= 4 is 74.2 Å². The molecule has 2 amide bonds. The molecule has 0 spiro atoms. The number of fused-ring (bicyclic) bond motifs is 1. The summed E-state index contributed by atoms with van der Waals surface area (Å²) >= 11 is 3.72. The van der Waals surface area contributed by atoms with Gasteiger partial charge in [0, 0.05) is 16.7 Å². The number of nitrogen functional groups attached to an aromatic ring is 1. The van der Waals surface area contributed by atoms with Gasteiger partial charge in [0.25, 0.3) is 11.8 Å². The number of hydrogen-bond donors (Lipinski definition) is 3. The summed E-state index contributed by atoms with van der Waals surface area (Å²) in [6.45, 7) is 5.91. The van der Waals surface area contributed by atoms with Crippen LogP contribution in [0, 0.1) is 6.92 Å². The normalized spacial score (nSPS) is 18.5. The lowest BCUT2D eigenvalue weighted by atomic mass is 10.0. The van der Waals surface area contributed by atoms with Gasteiger partial charge in [0.15, 0.2) is 15.7 Å². The fraction of sp³-hybridized carbons (Fsp3) is 0.458. The summed E-state index contributed by atoms with van der Waals surface area (Å²) < 4.78 is 6.99. The zero-order chi connectivity index (χ0) is 30.0. The second kappa shape index (κ2) is 12.4. The number of aliphatic carboxylic acids is 1. The number of nitrogens with zero attached hydrogens (tertiary/aromatic N) is 5. The standard InChI is InChI=1S/C24H29N7O7S3/c1-6-37-22(36)17-11(3)30(5)24(41-17)29(4)8-12-9-39-20-15(19(33)31(20)16(12)21(34)35)27-18(32)14(28-38-7-2)13-10-40-23(25)26-13/h10,15,20H,6-9H2,1-5H3,(H3-,25,26,27,32,34,35)/p+1/b28-14+/t15?,20-/m1/s1. The molecule has 2 atom stereocenters. The zero-order valence-electron chi connectivity index (χ0n) is 23.0. The van der Waals surface area contributed by atoms with Gasteiger partial charge in [0.1, 0.15) is 41.7 Å². The van der Waals surface area contributed by atoms with Gasteiger partial charge in [0.2, 0.25) is 0 Å². The molecule has 14 nitrogen and oxygen atoms in total. The van der Waals surface area contributed by atoms with Crippen LogP contribution in [0.1, 0.15) is 34.9 Å². The Labute approximate surface area is 247 Å². The summed E-state index contributed by atoms with van der Waals surface area (Å²) in [5.41, 5.74) is 6.90. The predicted octanol–water partition coefficient (Wildman–Crippen LogP) is 0.712. The van der Waals surface area contributed by atoms with Crippen LogP contribution in [0.15, 0.2) is 21.8 Å². The Kier molecular flexibility index (Phi) is 9.18. The summed E-state index contributed by atoms with van der Waals surface area (Å²) in [5, 5.41) is 18.5. The molecular weight excluding hydrogens is 595 g/mol. The molecule has 17 heteroatoms. The zero-order valence-corrected chi connectivity index (χ0v) is 25.4. The summed E-state index contributed by atoms with van der Waals surface area (Å²) in [4.78, 5) is 63.6. The Balaban J connectivity index is 1.53. The maximum Gasteiger partial charge on any atom is 0.352 e. The molecule has 4 rings (SSSR count). The van der Waals surface area contributed by atoms with Crippen LogP contribution >= 0.6 is 34.4 Å². The average molecular weight is 625 g/mol. The maximum atomic E-state index is 13.2. The molecule has 4 N–H and O–H groups in total. The van der Waals surface area contributed by atoms with E-state index in [0.29, 0.717) is 16.2 Å². The van der Waals surface area contributed by atoms with Gasteiger partial charge in [-0.1, -0.05) is 5.16 Å². The van der Waals surface area contributed by atoms with Crippen LogP contribution in [0.25, 0.3) is 0 Å². The number of anilines is 2. The quantitative estimate of drug-likeness (QED) is 0.105. The van der Waals surface area contributed by atoms with Crippen molar-refractivity contribution in [2.24, 2.45) is 12.2 Å². The molecule has 41 heavy (non-hydrogen) atoms. The number of aromatic nitrogens is 2. The fourth-order valence-corrected chi connectivity index (χ4v) is 7.33. The first-order valence-corrected chi connectivity index (χ1v) is 15.2. The number of carboxylic acids is 1. The van der Waals surface area contributed by atoms with Gasteiger partial charge >= 0.3 is 17.1 Å². The van der Waals surface area contributed by atoms with E-state index in [1.54, 1.807) is 26.3 Å². The monoisotopic (exact) mass is 624 g/mol. The smallest absolute Gasteiger partial charge is 0.352 e. The number of likely N-dealkylation sites (N-methyl/N-ethyl adjacent to an activating group) is 1. The predicted molar refractivity (Wildman–Crippen MR) is 154 cm³/mol. The molecule has 2 aromatic rings. The maximum absolute atomic E-state index is 13.2. The van der Waals surface area contributed by atoms with Crippen molar-refractivity contribution in [3.05, 3.63) is 32.9 Å². The first kappa shape index (κ1) is 30.3. The van der Waals surface area contributed by atoms with Crippen LogP contribution < -0.4 is 20.5 Å². The second-order valence-electron chi connectivity index (χ2n) is 8.98. The fourth-order valence-electron chi connectivity index (χ4n) is 4.35. The van der Waals surface area contributed by atoms with Crippen molar-refractivity contribution in [3.8, 4) is 0 Å². The van der Waals surface area contributed by atoms with Gasteiger partial charge in [0.05, 0.1) is 20.7 Å². The van der Waals surface area contributed by atoms with E-state index >= 15 is 0 Å². The molecule has 2 aromatic heterocycles. The van der Waals surface area contributed by atoms with Gasteiger partial charge in [-0.3, -0.25) is 19.4 Å². The van der Waals surface area contributed by atoms with Crippen molar-refractivity contribution in [1.29, 1.82) is 0 Å². The van der Waals surface area contributed by atoms with Gasteiger partial charge in [-0.2, -0.15) is 0 Å². The van der Waals surface area contributed by atoms with E-state index in [1.807, 2.05) is 23.4 Å². The first-order valence-electron chi connectivity index (χ1n) is 12.5. The summed E-state index contributed by atoms with van der Waals surface area (Å²) in [6.07, 6.45) is 0. The third kappa shape index (κ3) is 5.87. The minimum absolute atomic E-state index is 0.117. The minimum Gasteiger partial charge on any atom is -0.477 e. The Morgan fingerprint density at radius 1 is 1.34 bits per heavy atom. The molecule has 0 bridgehead atoms. The van der Waals surface area contributed by atoms with E-state index in [1.165, 1.54) is 28.0 Å². The Hall–Kier alpha value is -3.70. The third-order valence-electron chi connectivity index (χ3n) is 6.33. The number of nitrogens with two attached hydrogens (primary N) is 1. The molecule has 0 aliphatic carbocycles. The number of oxime groups is 1. The van der Waals surface area contributed by atoms with E-state index < -0.39 is 35.2 Å². The van der Waals surface area contributed by atoms with Gasteiger partial charge < -0.3 is 25.7 Å². The molecule has 1 saturated heterocycles. The molecular formula is C24H30N7O7S3+. The van der Waals surface area contributed by atoms with Crippen LogP contribution in [-0.4, -0.2) is 88.4 Å². The summed E-state index contributed by atoms with van der Waals surface area (Å²) in [7, 11) is 3.60. The van der Waals surface area contributed by atoms with Gasteiger partial charge in [-0.05, 0) is 32.1 Å². The molecule has 0 aromatic carbocycles. The van der Waals surface area contributed by atoms with Crippen molar-refractivity contribution < 1.29 is 38.4 Å². The summed E-state index contributed by atoms with van der Waals surface area (Å²) in [5.74, 6) is -2.59. The Morgan fingerprint density at radius 3 is 2.68 bits per heavy atom. The molecule has 4 heterocycles. The van der Waals surface area contributed by atoms with Crippen LogP contribution in [-0.2, 0) is 31.0 Å². The third-order valence-corrected chi connectivity index (χ3v) is 9.78. The lowest BCUT2D eigenvalue weighted by Gasteiger charge is -2.49. The number of rotatable bonds is 11. The lowest BCUT2D eigenvalue weighted by molar-refractivity contribution is -0.660. The van der Waals surface area contributed by atoms with Crippen molar-refractivity contribution in [1.82, 2.24) is 15.2 Å². The minimum atomic E-state index is -1.24. The Bertz CT molecular complexity index is 1450. The molecule has 2 aliphatic rings. The van der Waals surface area contributed by atoms with E-state index in [2.05, 4.69) is 15.5 Å².